The Morgan fingerprint density at radius 2 is 1.91 bits per heavy atom. The van der Waals surface area contributed by atoms with Gasteiger partial charge in [-0.15, -0.1) is 0 Å². The second kappa shape index (κ2) is 9.52. The Morgan fingerprint density at radius 1 is 0.971 bits per heavy atom. The van der Waals surface area contributed by atoms with Crippen LogP contribution < -0.4 is 9.64 Å². The molecule has 3 aliphatic rings. The van der Waals surface area contributed by atoms with Crippen LogP contribution in [0.3, 0.4) is 0 Å². The number of piperidine rings is 1. The lowest BCUT2D eigenvalue weighted by Crippen LogP contribution is -2.57. The number of aromatic nitrogens is 2. The minimum atomic E-state index is -0.202. The number of ether oxygens (including phenoxy) is 1. The summed E-state index contributed by atoms with van der Waals surface area (Å²) in [5.74, 6) is 2.21. The Kier molecular flexibility index (Phi) is 6.11. The molecule has 3 saturated heterocycles. The van der Waals surface area contributed by atoms with Gasteiger partial charge in [-0.05, 0) is 37.5 Å². The van der Waals surface area contributed by atoms with Crippen LogP contribution in [-0.4, -0.2) is 83.1 Å². The maximum atomic E-state index is 9.75. The number of rotatable bonds is 6. The number of β-amino-alcohol motifs (C(OH)–C–C–N with tert-alkyl or cyclic N) is 1. The van der Waals surface area contributed by atoms with Gasteiger partial charge in [0.25, 0.3) is 0 Å². The first-order chi connectivity index (χ1) is 16.7. The first-order valence-corrected chi connectivity index (χ1v) is 12.5. The van der Waals surface area contributed by atoms with E-state index in [1.165, 1.54) is 12.8 Å². The molecule has 2 aromatic heterocycles. The summed E-state index contributed by atoms with van der Waals surface area (Å²) in [7, 11) is 0. The first-order valence-electron chi connectivity index (χ1n) is 12.5. The van der Waals surface area contributed by atoms with Gasteiger partial charge in [0.05, 0.1) is 23.8 Å². The molecule has 0 aliphatic carbocycles. The summed E-state index contributed by atoms with van der Waals surface area (Å²) in [4.78, 5) is 12.0. The van der Waals surface area contributed by atoms with Gasteiger partial charge in [-0.3, -0.25) is 9.80 Å². The fourth-order valence-corrected chi connectivity index (χ4v) is 5.70. The molecule has 0 unspecified atom stereocenters. The van der Waals surface area contributed by atoms with Crippen LogP contribution in [-0.2, 0) is 6.54 Å². The topological polar surface area (TPSA) is 78.1 Å². The van der Waals surface area contributed by atoms with Gasteiger partial charge in [0.1, 0.15) is 0 Å². The molecule has 0 bridgehead atoms. The SMILES string of the molecule is O[C@H]1CCN(Cc2cccc(OC[C@H]3CC[C@H]4CN(c5noc6ccccc56)CCN4C3)n2)C1. The van der Waals surface area contributed by atoms with Gasteiger partial charge in [0.2, 0.25) is 5.88 Å². The number of fused-ring (bicyclic) bond motifs is 2. The fourth-order valence-electron chi connectivity index (χ4n) is 5.70. The van der Waals surface area contributed by atoms with E-state index in [0.717, 1.165) is 74.7 Å². The Labute approximate surface area is 200 Å². The molecule has 34 heavy (non-hydrogen) atoms. The summed E-state index contributed by atoms with van der Waals surface area (Å²) >= 11 is 0. The van der Waals surface area contributed by atoms with E-state index in [2.05, 4.69) is 25.9 Å². The number of hydrogen-bond donors (Lipinski definition) is 1. The molecule has 1 N–H and O–H groups in total. The monoisotopic (exact) mass is 463 g/mol. The minimum absolute atomic E-state index is 0.202. The normalized spacial score (nSPS) is 26.1. The van der Waals surface area contributed by atoms with Gasteiger partial charge in [-0.1, -0.05) is 23.4 Å². The maximum absolute atomic E-state index is 9.75. The average Bonchev–Trinajstić information content (AvgIpc) is 3.48. The van der Waals surface area contributed by atoms with E-state index in [0.29, 0.717) is 24.4 Å². The lowest BCUT2D eigenvalue weighted by molar-refractivity contribution is 0.0716. The van der Waals surface area contributed by atoms with Crippen LogP contribution in [0.25, 0.3) is 11.0 Å². The summed E-state index contributed by atoms with van der Waals surface area (Å²) in [6.07, 6.45) is 2.99. The molecule has 3 atom stereocenters. The van der Waals surface area contributed by atoms with Crippen molar-refractivity contribution in [1.29, 1.82) is 0 Å². The van der Waals surface area contributed by atoms with Crippen LogP contribution in [0.15, 0.2) is 47.0 Å². The zero-order chi connectivity index (χ0) is 22.9. The number of hydrogen-bond acceptors (Lipinski definition) is 8. The molecule has 0 radical (unpaired) electrons. The number of benzene rings is 1. The second-order valence-corrected chi connectivity index (χ2v) is 10.00. The van der Waals surface area contributed by atoms with Gasteiger partial charge >= 0.3 is 0 Å². The highest BCUT2D eigenvalue weighted by atomic mass is 16.5. The van der Waals surface area contributed by atoms with Gasteiger partial charge in [0.15, 0.2) is 11.4 Å². The van der Waals surface area contributed by atoms with E-state index >= 15 is 0 Å². The van der Waals surface area contributed by atoms with Crippen molar-refractivity contribution in [2.24, 2.45) is 5.92 Å². The van der Waals surface area contributed by atoms with Crippen molar-refractivity contribution in [3.05, 3.63) is 48.2 Å². The molecule has 180 valence electrons. The summed E-state index contributed by atoms with van der Waals surface area (Å²) in [5, 5.41) is 15.2. The van der Waals surface area contributed by atoms with E-state index in [4.69, 9.17) is 14.2 Å². The van der Waals surface area contributed by atoms with Crippen LogP contribution >= 0.6 is 0 Å². The second-order valence-electron chi connectivity index (χ2n) is 10.00. The molecular weight excluding hydrogens is 430 g/mol. The number of nitrogens with zero attached hydrogens (tertiary/aromatic N) is 5. The third kappa shape index (κ3) is 4.62. The van der Waals surface area contributed by atoms with Crippen LogP contribution in [0.2, 0.25) is 0 Å². The highest BCUT2D eigenvalue weighted by Gasteiger charge is 2.34. The van der Waals surface area contributed by atoms with E-state index in [-0.39, 0.29) is 6.10 Å². The molecule has 6 rings (SSSR count). The molecular formula is C26H33N5O3. The summed E-state index contributed by atoms with van der Waals surface area (Å²) in [6.45, 7) is 7.22. The number of piperazine rings is 1. The van der Waals surface area contributed by atoms with Crippen molar-refractivity contribution in [2.75, 3.05) is 50.8 Å². The van der Waals surface area contributed by atoms with Crippen LogP contribution in [0.5, 0.6) is 5.88 Å². The zero-order valence-electron chi connectivity index (χ0n) is 19.6. The molecule has 5 heterocycles. The van der Waals surface area contributed by atoms with E-state index < -0.39 is 0 Å². The molecule has 0 spiro atoms. The third-order valence-electron chi connectivity index (χ3n) is 7.54. The quantitative estimate of drug-likeness (QED) is 0.598. The Morgan fingerprint density at radius 3 is 2.82 bits per heavy atom. The number of aliphatic hydroxyl groups excluding tert-OH is 1. The van der Waals surface area contributed by atoms with Crippen LogP contribution in [0.4, 0.5) is 5.82 Å². The Hall–Kier alpha value is -2.68. The largest absolute Gasteiger partial charge is 0.477 e. The third-order valence-corrected chi connectivity index (χ3v) is 7.54. The smallest absolute Gasteiger partial charge is 0.213 e. The molecule has 0 saturated carbocycles. The summed E-state index contributed by atoms with van der Waals surface area (Å²) < 4.78 is 11.7. The van der Waals surface area contributed by atoms with E-state index in [1.807, 2.05) is 36.4 Å². The molecule has 8 nitrogen and oxygen atoms in total. The number of likely N-dealkylation sites (tertiary alicyclic amines) is 1. The predicted octanol–water partition coefficient (Wildman–Crippen LogP) is 2.77. The first kappa shape index (κ1) is 21.8. The Bertz CT molecular complexity index is 1120. The highest BCUT2D eigenvalue weighted by Crippen LogP contribution is 2.31. The summed E-state index contributed by atoms with van der Waals surface area (Å²) in [6, 6.07) is 14.7. The average molecular weight is 464 g/mol. The lowest BCUT2D eigenvalue weighted by atomic mass is 9.91. The highest BCUT2D eigenvalue weighted by molar-refractivity contribution is 5.88. The Balaban J connectivity index is 1.01. The number of para-hydroxylation sites is 1. The van der Waals surface area contributed by atoms with Gasteiger partial charge < -0.3 is 19.3 Å². The minimum Gasteiger partial charge on any atom is -0.477 e. The van der Waals surface area contributed by atoms with Crippen molar-refractivity contribution in [2.45, 2.75) is 38.0 Å². The standard InChI is InChI=1S/C26H33N5O3/c32-22-10-11-29(17-22)15-20-4-3-7-25(27-20)33-18-19-8-9-21-16-31(13-12-30(21)14-19)26-23-5-1-2-6-24(23)34-28-26/h1-7,19,21-22,32H,8-18H2/t19-,21-,22-/m0/s1. The van der Waals surface area contributed by atoms with Crippen molar-refractivity contribution >= 4 is 16.8 Å². The molecule has 1 aromatic carbocycles. The maximum Gasteiger partial charge on any atom is 0.213 e. The number of pyridine rings is 1. The van der Waals surface area contributed by atoms with Crippen molar-refractivity contribution in [3.8, 4) is 5.88 Å². The van der Waals surface area contributed by atoms with Crippen molar-refractivity contribution < 1.29 is 14.4 Å². The van der Waals surface area contributed by atoms with Crippen LogP contribution in [0, 0.1) is 5.92 Å². The molecule has 0 amide bonds. The van der Waals surface area contributed by atoms with Crippen molar-refractivity contribution in [3.63, 3.8) is 0 Å². The number of anilines is 1. The van der Waals surface area contributed by atoms with Gasteiger partial charge in [-0.2, -0.15) is 0 Å². The number of aliphatic hydroxyl groups is 1. The van der Waals surface area contributed by atoms with Crippen molar-refractivity contribution in [1.82, 2.24) is 19.9 Å². The molecule has 3 aliphatic heterocycles. The molecule has 3 aromatic rings. The van der Waals surface area contributed by atoms with E-state index in [9.17, 15) is 5.11 Å². The molecule has 8 heteroatoms. The fraction of sp³-hybridized carbons (Fsp3) is 0.538. The molecule has 3 fully saturated rings. The zero-order valence-corrected chi connectivity index (χ0v) is 19.6. The van der Waals surface area contributed by atoms with Gasteiger partial charge in [-0.25, -0.2) is 4.98 Å². The predicted molar refractivity (Wildman–Crippen MR) is 130 cm³/mol. The van der Waals surface area contributed by atoms with Crippen LogP contribution in [0.1, 0.15) is 25.0 Å². The van der Waals surface area contributed by atoms with E-state index in [1.54, 1.807) is 0 Å². The lowest BCUT2D eigenvalue weighted by Gasteiger charge is -2.46. The summed E-state index contributed by atoms with van der Waals surface area (Å²) in [5.41, 5.74) is 1.86. The van der Waals surface area contributed by atoms with Gasteiger partial charge in [0, 0.05) is 63.8 Å².